The van der Waals surface area contributed by atoms with Crippen molar-refractivity contribution in [1.29, 1.82) is 0 Å². The molecule has 1 N–H and O–H groups in total. The number of piperidine rings is 1. The van der Waals surface area contributed by atoms with E-state index in [1.807, 2.05) is 18.2 Å². The molecule has 1 fully saturated rings. The molecular weight excluding hydrogens is 464 g/mol. The second-order valence-electron chi connectivity index (χ2n) is 7.83. The van der Waals surface area contributed by atoms with E-state index in [4.69, 9.17) is 14.2 Å². The van der Waals surface area contributed by atoms with Gasteiger partial charge in [0.2, 0.25) is 15.9 Å². The van der Waals surface area contributed by atoms with Crippen LogP contribution in [0.2, 0.25) is 0 Å². The van der Waals surface area contributed by atoms with E-state index in [-0.39, 0.29) is 22.3 Å². The molecule has 2 heterocycles. The molecule has 0 saturated carbocycles. The van der Waals surface area contributed by atoms with Gasteiger partial charge in [-0.2, -0.15) is 4.31 Å². The highest BCUT2D eigenvalue weighted by molar-refractivity contribution is 8.00. The molecule has 0 aliphatic carbocycles. The number of thioether (sulfide) groups is 1. The molecule has 8 nitrogen and oxygen atoms in total. The number of carbonyl (C=O) groups excluding carboxylic acids is 1. The Morgan fingerprint density at radius 2 is 1.79 bits per heavy atom. The minimum Gasteiger partial charge on any atom is -0.495 e. The summed E-state index contributed by atoms with van der Waals surface area (Å²) < 4.78 is 44.4. The van der Waals surface area contributed by atoms with Gasteiger partial charge in [0, 0.05) is 30.1 Å². The number of nitrogens with zero attached hydrogens (tertiary/aromatic N) is 1. The Morgan fingerprint density at radius 3 is 2.55 bits per heavy atom. The Kier molecular flexibility index (Phi) is 7.67. The Labute approximate surface area is 198 Å². The number of anilines is 1. The predicted molar refractivity (Wildman–Crippen MR) is 127 cm³/mol. The monoisotopic (exact) mass is 492 g/mol. The van der Waals surface area contributed by atoms with E-state index >= 15 is 0 Å². The lowest BCUT2D eigenvalue weighted by Crippen LogP contribution is -2.35. The Bertz CT molecular complexity index is 1100. The average molecular weight is 493 g/mol. The fraction of sp³-hybridized carbons (Fsp3) is 0.435. The first kappa shape index (κ1) is 23.7. The molecule has 0 aromatic heterocycles. The van der Waals surface area contributed by atoms with E-state index in [2.05, 4.69) is 5.32 Å². The van der Waals surface area contributed by atoms with E-state index in [1.165, 1.54) is 29.2 Å². The fourth-order valence-electron chi connectivity index (χ4n) is 3.78. The van der Waals surface area contributed by atoms with Crippen LogP contribution < -0.4 is 19.5 Å². The number of ether oxygens (including phenoxy) is 3. The van der Waals surface area contributed by atoms with Crippen molar-refractivity contribution in [2.45, 2.75) is 35.5 Å². The summed E-state index contributed by atoms with van der Waals surface area (Å²) in [5.41, 5.74) is 0.413. The quantitative estimate of drug-likeness (QED) is 0.588. The number of fused-ring (bicyclic) bond motifs is 1. The zero-order valence-corrected chi connectivity index (χ0v) is 20.2. The topological polar surface area (TPSA) is 94.2 Å². The summed E-state index contributed by atoms with van der Waals surface area (Å²) in [6.07, 6.45) is 3.54. The van der Waals surface area contributed by atoms with Crippen LogP contribution in [0, 0.1) is 0 Å². The van der Waals surface area contributed by atoms with Crippen LogP contribution in [0.25, 0.3) is 0 Å². The zero-order valence-electron chi connectivity index (χ0n) is 18.5. The molecular formula is C23H28N2O6S2. The number of carbonyl (C=O) groups is 1. The number of amides is 1. The van der Waals surface area contributed by atoms with Gasteiger partial charge >= 0.3 is 0 Å². The largest absolute Gasteiger partial charge is 0.495 e. The molecule has 1 saturated heterocycles. The molecule has 2 aliphatic rings. The van der Waals surface area contributed by atoms with Crippen molar-refractivity contribution in [2.24, 2.45) is 0 Å². The van der Waals surface area contributed by atoms with Crippen LogP contribution in [0.3, 0.4) is 0 Å². The Balaban J connectivity index is 1.43. The molecule has 2 aromatic rings. The highest BCUT2D eigenvalue weighted by Crippen LogP contribution is 2.34. The van der Waals surface area contributed by atoms with Gasteiger partial charge in [-0.15, -0.1) is 11.8 Å². The molecule has 2 aliphatic heterocycles. The molecule has 0 radical (unpaired) electrons. The number of nitrogens with one attached hydrogen (secondary N) is 1. The third-order valence-electron chi connectivity index (χ3n) is 5.47. The van der Waals surface area contributed by atoms with E-state index < -0.39 is 10.0 Å². The van der Waals surface area contributed by atoms with E-state index in [1.54, 1.807) is 12.1 Å². The third kappa shape index (κ3) is 5.74. The molecule has 4 rings (SSSR count). The van der Waals surface area contributed by atoms with Crippen LogP contribution in [0.4, 0.5) is 5.69 Å². The summed E-state index contributed by atoms with van der Waals surface area (Å²) in [6.45, 7) is 2.21. The highest BCUT2D eigenvalue weighted by atomic mass is 32.2. The van der Waals surface area contributed by atoms with Crippen LogP contribution >= 0.6 is 11.8 Å². The van der Waals surface area contributed by atoms with Gasteiger partial charge in [0.25, 0.3) is 0 Å². The van der Waals surface area contributed by atoms with Gasteiger partial charge in [0.1, 0.15) is 10.6 Å². The van der Waals surface area contributed by atoms with Gasteiger partial charge in [0.05, 0.1) is 26.1 Å². The number of hydrogen-bond acceptors (Lipinski definition) is 7. The van der Waals surface area contributed by atoms with Crippen molar-refractivity contribution in [3.63, 3.8) is 0 Å². The third-order valence-corrected chi connectivity index (χ3v) is 8.38. The average Bonchev–Trinajstić information content (AvgIpc) is 3.08. The number of methoxy groups -OCH3 is 1. The molecule has 33 heavy (non-hydrogen) atoms. The minimum atomic E-state index is -3.70. The number of rotatable bonds is 7. The highest BCUT2D eigenvalue weighted by Gasteiger charge is 2.29. The van der Waals surface area contributed by atoms with Crippen molar-refractivity contribution in [2.75, 3.05) is 44.5 Å². The van der Waals surface area contributed by atoms with Gasteiger partial charge in [-0.3, -0.25) is 4.79 Å². The lowest BCUT2D eigenvalue weighted by Gasteiger charge is -2.26. The second kappa shape index (κ2) is 10.7. The summed E-state index contributed by atoms with van der Waals surface area (Å²) in [7, 11) is -2.26. The van der Waals surface area contributed by atoms with Crippen LogP contribution in [0.1, 0.15) is 25.7 Å². The Hall–Kier alpha value is -2.43. The molecule has 1 amide bonds. The standard InChI is InChI=1S/C23H28N2O6S2/c1-29-20-8-6-17(14-22(20)33(27,28)25-10-3-2-4-11-25)24-23(26)16-32-18-7-9-19-21(15-18)31-13-5-12-30-19/h6-9,14-15H,2-5,10-13,16H2,1H3,(H,24,26). The number of benzene rings is 2. The normalized spacial score (nSPS) is 16.6. The summed E-state index contributed by atoms with van der Waals surface area (Å²) >= 11 is 1.37. The second-order valence-corrected chi connectivity index (χ2v) is 10.8. The number of hydrogen-bond donors (Lipinski definition) is 1. The Morgan fingerprint density at radius 1 is 1.03 bits per heavy atom. The van der Waals surface area contributed by atoms with Crippen molar-refractivity contribution >= 4 is 33.4 Å². The summed E-state index contributed by atoms with van der Waals surface area (Å²) in [6, 6.07) is 10.3. The van der Waals surface area contributed by atoms with Gasteiger partial charge in [-0.25, -0.2) is 8.42 Å². The van der Waals surface area contributed by atoms with Crippen LogP contribution in [0.15, 0.2) is 46.2 Å². The first-order valence-corrected chi connectivity index (χ1v) is 13.4. The van der Waals surface area contributed by atoms with E-state index in [0.717, 1.165) is 30.6 Å². The van der Waals surface area contributed by atoms with Crippen molar-refractivity contribution < 1.29 is 27.4 Å². The van der Waals surface area contributed by atoms with Gasteiger partial charge in [0.15, 0.2) is 11.5 Å². The lowest BCUT2D eigenvalue weighted by molar-refractivity contribution is -0.113. The summed E-state index contributed by atoms with van der Waals surface area (Å²) in [4.78, 5) is 13.5. The molecule has 2 aromatic carbocycles. The molecule has 10 heteroatoms. The predicted octanol–water partition coefficient (Wildman–Crippen LogP) is 3.76. The van der Waals surface area contributed by atoms with Gasteiger partial charge in [-0.1, -0.05) is 6.42 Å². The minimum absolute atomic E-state index is 0.0697. The van der Waals surface area contributed by atoms with Crippen LogP contribution in [0.5, 0.6) is 17.2 Å². The fourth-order valence-corrected chi connectivity index (χ4v) is 6.20. The smallest absolute Gasteiger partial charge is 0.246 e. The SMILES string of the molecule is COc1ccc(NC(=O)CSc2ccc3c(c2)OCCCO3)cc1S(=O)(=O)N1CCCCC1. The van der Waals surface area contributed by atoms with Gasteiger partial charge < -0.3 is 19.5 Å². The molecule has 0 bridgehead atoms. The first-order valence-electron chi connectivity index (χ1n) is 11.0. The lowest BCUT2D eigenvalue weighted by atomic mass is 10.2. The van der Waals surface area contributed by atoms with E-state index in [9.17, 15) is 13.2 Å². The van der Waals surface area contributed by atoms with Crippen LogP contribution in [-0.2, 0) is 14.8 Å². The zero-order chi connectivity index (χ0) is 23.3. The summed E-state index contributed by atoms with van der Waals surface area (Å²) in [5, 5.41) is 2.80. The molecule has 0 unspecified atom stereocenters. The van der Waals surface area contributed by atoms with Crippen molar-refractivity contribution in [1.82, 2.24) is 4.31 Å². The van der Waals surface area contributed by atoms with Gasteiger partial charge in [-0.05, 0) is 49.2 Å². The molecule has 0 atom stereocenters. The van der Waals surface area contributed by atoms with Crippen molar-refractivity contribution in [3.8, 4) is 17.2 Å². The van der Waals surface area contributed by atoms with E-state index in [0.29, 0.717) is 43.5 Å². The maximum absolute atomic E-state index is 13.2. The maximum Gasteiger partial charge on any atom is 0.246 e. The van der Waals surface area contributed by atoms with Crippen LogP contribution in [-0.4, -0.2) is 57.8 Å². The van der Waals surface area contributed by atoms with Crippen molar-refractivity contribution in [3.05, 3.63) is 36.4 Å². The maximum atomic E-state index is 13.2. The molecule has 0 spiro atoms. The molecule has 178 valence electrons. The number of sulfonamides is 1. The first-order chi connectivity index (χ1) is 16.0. The summed E-state index contributed by atoms with van der Waals surface area (Å²) in [5.74, 6) is 1.58.